The minimum absolute atomic E-state index is 0.0652. The van der Waals surface area contributed by atoms with E-state index in [1.165, 1.54) is 0 Å². The van der Waals surface area contributed by atoms with E-state index in [9.17, 15) is 18.0 Å². The Hall–Kier alpha value is -0.450. The molecule has 0 spiro atoms. The van der Waals surface area contributed by atoms with Gasteiger partial charge in [-0.2, -0.15) is 13.2 Å². The van der Waals surface area contributed by atoms with Crippen LogP contribution in [0.5, 0.6) is 0 Å². The SMILES string of the molecule is CC(Cl)CC(C)NC(=O)C1CCCC(C(F)(F)F)C1. The summed E-state index contributed by atoms with van der Waals surface area (Å²) in [5.41, 5.74) is 0. The molecule has 1 amide bonds. The van der Waals surface area contributed by atoms with Gasteiger partial charge in [0.2, 0.25) is 5.91 Å². The monoisotopic (exact) mass is 299 g/mol. The lowest BCUT2D eigenvalue weighted by molar-refractivity contribution is -0.186. The normalized spacial score (nSPS) is 27.7. The molecule has 1 fully saturated rings. The number of hydrogen-bond acceptors (Lipinski definition) is 1. The maximum atomic E-state index is 12.7. The Labute approximate surface area is 117 Å². The van der Waals surface area contributed by atoms with Gasteiger partial charge in [0.05, 0.1) is 5.92 Å². The van der Waals surface area contributed by atoms with Crippen molar-refractivity contribution < 1.29 is 18.0 Å². The predicted molar refractivity (Wildman–Crippen MR) is 69.0 cm³/mol. The van der Waals surface area contributed by atoms with Crippen LogP contribution in [0.3, 0.4) is 0 Å². The van der Waals surface area contributed by atoms with Gasteiger partial charge in [0, 0.05) is 17.3 Å². The maximum absolute atomic E-state index is 12.7. The first-order valence-electron chi connectivity index (χ1n) is 6.71. The van der Waals surface area contributed by atoms with E-state index in [2.05, 4.69) is 5.32 Å². The number of hydrogen-bond donors (Lipinski definition) is 1. The van der Waals surface area contributed by atoms with Gasteiger partial charge in [0.1, 0.15) is 0 Å². The van der Waals surface area contributed by atoms with E-state index in [4.69, 9.17) is 11.6 Å². The molecule has 0 saturated heterocycles. The summed E-state index contributed by atoms with van der Waals surface area (Å²) in [4.78, 5) is 11.9. The molecule has 0 aromatic heterocycles. The number of rotatable bonds is 4. The third-order valence-electron chi connectivity index (χ3n) is 3.57. The molecule has 0 bridgehead atoms. The van der Waals surface area contributed by atoms with Crippen LogP contribution in [0.2, 0.25) is 0 Å². The average Bonchev–Trinajstić information content (AvgIpc) is 2.26. The van der Waals surface area contributed by atoms with Crippen molar-refractivity contribution in [3.05, 3.63) is 0 Å². The van der Waals surface area contributed by atoms with E-state index in [1.807, 2.05) is 13.8 Å². The highest BCUT2D eigenvalue weighted by Crippen LogP contribution is 2.39. The first-order chi connectivity index (χ1) is 8.70. The number of amides is 1. The van der Waals surface area contributed by atoms with Gasteiger partial charge in [0.15, 0.2) is 0 Å². The van der Waals surface area contributed by atoms with E-state index in [1.54, 1.807) is 0 Å². The standard InChI is InChI=1S/C13H21ClF3NO/c1-8(14)6-9(2)18-12(19)10-4-3-5-11(7-10)13(15,16)17/h8-11H,3-7H2,1-2H3,(H,18,19). The van der Waals surface area contributed by atoms with E-state index >= 15 is 0 Å². The second-order valence-corrected chi connectivity index (χ2v) is 6.27. The second kappa shape index (κ2) is 6.82. The van der Waals surface area contributed by atoms with Crippen molar-refractivity contribution in [2.75, 3.05) is 0 Å². The molecule has 1 saturated carbocycles. The molecule has 0 aromatic carbocycles. The zero-order valence-corrected chi connectivity index (χ0v) is 12.0. The van der Waals surface area contributed by atoms with Crippen LogP contribution in [-0.2, 0) is 4.79 Å². The Balaban J connectivity index is 2.48. The number of nitrogens with one attached hydrogen (secondary N) is 1. The summed E-state index contributed by atoms with van der Waals surface area (Å²) in [7, 11) is 0. The van der Waals surface area contributed by atoms with Gasteiger partial charge in [-0.25, -0.2) is 0 Å². The molecule has 1 aliphatic carbocycles. The van der Waals surface area contributed by atoms with E-state index in [0.29, 0.717) is 19.3 Å². The van der Waals surface area contributed by atoms with E-state index in [0.717, 1.165) is 0 Å². The molecule has 0 aliphatic heterocycles. The molecule has 0 radical (unpaired) electrons. The maximum Gasteiger partial charge on any atom is 0.391 e. The minimum atomic E-state index is -4.19. The first-order valence-corrected chi connectivity index (χ1v) is 7.15. The Morgan fingerprint density at radius 1 is 1.37 bits per heavy atom. The van der Waals surface area contributed by atoms with Crippen LogP contribution in [0.1, 0.15) is 46.0 Å². The van der Waals surface area contributed by atoms with Gasteiger partial charge >= 0.3 is 6.18 Å². The van der Waals surface area contributed by atoms with E-state index < -0.39 is 18.0 Å². The number of carbonyl (C=O) groups excluding carboxylic acids is 1. The van der Waals surface area contributed by atoms with Crippen molar-refractivity contribution in [3.8, 4) is 0 Å². The number of alkyl halides is 4. The van der Waals surface area contributed by atoms with Crippen molar-refractivity contribution in [2.45, 2.75) is 63.5 Å². The van der Waals surface area contributed by atoms with Crippen LogP contribution in [0, 0.1) is 11.8 Å². The van der Waals surface area contributed by atoms with Crippen LogP contribution in [0.15, 0.2) is 0 Å². The van der Waals surface area contributed by atoms with Crippen molar-refractivity contribution in [2.24, 2.45) is 11.8 Å². The zero-order valence-electron chi connectivity index (χ0n) is 11.3. The molecule has 4 unspecified atom stereocenters. The summed E-state index contributed by atoms with van der Waals surface area (Å²) in [5.74, 6) is -2.12. The molecule has 19 heavy (non-hydrogen) atoms. The Kier molecular flexibility index (Phi) is 5.96. The number of halogens is 4. The summed E-state index contributed by atoms with van der Waals surface area (Å²) in [6.45, 7) is 3.64. The smallest absolute Gasteiger partial charge is 0.353 e. The van der Waals surface area contributed by atoms with Crippen LogP contribution in [0.25, 0.3) is 0 Å². The molecule has 1 N–H and O–H groups in total. The van der Waals surface area contributed by atoms with Crippen molar-refractivity contribution in [3.63, 3.8) is 0 Å². The van der Waals surface area contributed by atoms with Gasteiger partial charge in [0.25, 0.3) is 0 Å². The fourth-order valence-corrected chi connectivity index (χ4v) is 2.90. The lowest BCUT2D eigenvalue weighted by Crippen LogP contribution is -2.41. The zero-order chi connectivity index (χ0) is 14.6. The molecular formula is C13H21ClF3NO. The molecule has 1 aliphatic rings. The minimum Gasteiger partial charge on any atom is -0.353 e. The third kappa shape index (κ3) is 5.59. The molecule has 0 heterocycles. The molecule has 1 rings (SSSR count). The van der Waals surface area contributed by atoms with Gasteiger partial charge in [-0.05, 0) is 39.5 Å². The predicted octanol–water partition coefficient (Wildman–Crippen LogP) is 3.88. The molecule has 0 aromatic rings. The topological polar surface area (TPSA) is 29.1 Å². The largest absolute Gasteiger partial charge is 0.391 e. The fraction of sp³-hybridized carbons (Fsp3) is 0.923. The Morgan fingerprint density at radius 3 is 2.53 bits per heavy atom. The van der Waals surface area contributed by atoms with Crippen LogP contribution in [0.4, 0.5) is 13.2 Å². The third-order valence-corrected chi connectivity index (χ3v) is 3.75. The van der Waals surface area contributed by atoms with Crippen molar-refractivity contribution in [1.82, 2.24) is 5.32 Å². The summed E-state index contributed by atoms with van der Waals surface area (Å²) in [5, 5.41) is 2.70. The second-order valence-electron chi connectivity index (χ2n) is 5.53. The van der Waals surface area contributed by atoms with Crippen molar-refractivity contribution >= 4 is 17.5 Å². The molecular weight excluding hydrogens is 279 g/mol. The van der Waals surface area contributed by atoms with Gasteiger partial charge in [-0.15, -0.1) is 11.6 Å². The fourth-order valence-electron chi connectivity index (χ4n) is 2.63. The van der Waals surface area contributed by atoms with Crippen LogP contribution < -0.4 is 5.32 Å². The highest BCUT2D eigenvalue weighted by molar-refractivity contribution is 6.20. The summed E-state index contributed by atoms with van der Waals surface area (Å²) < 4.78 is 38.0. The summed E-state index contributed by atoms with van der Waals surface area (Å²) in [6, 6.07) is -0.105. The lowest BCUT2D eigenvalue weighted by atomic mass is 9.80. The molecule has 112 valence electrons. The molecule has 2 nitrogen and oxygen atoms in total. The van der Waals surface area contributed by atoms with Gasteiger partial charge in [-0.1, -0.05) is 6.42 Å². The van der Waals surface area contributed by atoms with Gasteiger partial charge < -0.3 is 5.32 Å². The first kappa shape index (κ1) is 16.6. The Bertz CT molecular complexity index is 307. The number of carbonyl (C=O) groups is 1. The summed E-state index contributed by atoms with van der Waals surface area (Å²) >= 11 is 5.82. The highest BCUT2D eigenvalue weighted by Gasteiger charge is 2.43. The lowest BCUT2D eigenvalue weighted by Gasteiger charge is -2.30. The van der Waals surface area contributed by atoms with Crippen molar-refractivity contribution in [1.29, 1.82) is 0 Å². The van der Waals surface area contributed by atoms with Gasteiger partial charge in [-0.3, -0.25) is 4.79 Å². The summed E-state index contributed by atoms with van der Waals surface area (Å²) in [6.07, 6.45) is -2.51. The Morgan fingerprint density at radius 2 is 2.00 bits per heavy atom. The average molecular weight is 300 g/mol. The van der Waals surface area contributed by atoms with E-state index in [-0.39, 0.29) is 30.2 Å². The quantitative estimate of drug-likeness (QED) is 0.784. The molecule has 6 heteroatoms. The highest BCUT2D eigenvalue weighted by atomic mass is 35.5. The van der Waals surface area contributed by atoms with Crippen LogP contribution in [-0.4, -0.2) is 23.5 Å². The van der Waals surface area contributed by atoms with Crippen LogP contribution >= 0.6 is 11.6 Å². The molecule has 4 atom stereocenters.